The first-order chi connectivity index (χ1) is 17.5. The van der Waals surface area contributed by atoms with E-state index in [2.05, 4.69) is 31.5 Å². The Morgan fingerprint density at radius 2 is 2.08 bits per heavy atom. The molecule has 0 spiro atoms. The number of aromatic nitrogens is 4. The number of hydrogen-bond donors (Lipinski definition) is 4. The Labute approximate surface area is 213 Å². The van der Waals surface area contributed by atoms with Gasteiger partial charge in [0.2, 0.25) is 5.91 Å². The van der Waals surface area contributed by atoms with Crippen molar-refractivity contribution in [3.63, 3.8) is 0 Å². The molecular formula is C25H28ClN7O3. The third-order valence-corrected chi connectivity index (χ3v) is 6.28. The van der Waals surface area contributed by atoms with E-state index in [4.69, 9.17) is 16.7 Å². The summed E-state index contributed by atoms with van der Waals surface area (Å²) < 4.78 is 1.51. The molecule has 0 radical (unpaired) electrons. The van der Waals surface area contributed by atoms with E-state index in [1.54, 1.807) is 48.5 Å². The van der Waals surface area contributed by atoms with Crippen LogP contribution < -0.4 is 16.0 Å². The van der Waals surface area contributed by atoms with Crippen LogP contribution in [0.5, 0.6) is 0 Å². The highest BCUT2D eigenvalue weighted by Crippen LogP contribution is 2.21. The maximum Gasteiger partial charge on any atom is 0.335 e. The van der Waals surface area contributed by atoms with Crippen LogP contribution in [0.25, 0.3) is 11.8 Å². The Morgan fingerprint density at radius 3 is 2.78 bits per heavy atom. The number of carbonyl (C=O) groups is 2. The van der Waals surface area contributed by atoms with Crippen LogP contribution in [0.1, 0.15) is 35.2 Å². The molecule has 0 bridgehead atoms. The standard InChI is InChI=1S/C25H28ClN7O3/c26-20-6-9-23(33-16-29-31-32-33)19(13-20)5-10-24(34)30-22(12-17-2-1-11-27-14-17)15-28-21-7-3-18(4-8-21)25(35)36/h3-10,13,16-17,22,27-28H,1-2,11-12,14-15H2,(H,30,34)(H,35,36)/b10-5+/t17?,22-/m1/s1. The number of nitrogens with one attached hydrogen (secondary N) is 3. The summed E-state index contributed by atoms with van der Waals surface area (Å²) in [6.07, 6.45) is 7.69. The SMILES string of the molecule is O=C(/C=C/c1cc(Cl)ccc1-n1cnnn1)N[C@@H](CNc1ccc(C(=O)O)cc1)CC1CCCNC1. The number of piperidine rings is 1. The van der Waals surface area contributed by atoms with Crippen molar-refractivity contribution >= 4 is 35.2 Å². The zero-order chi connectivity index (χ0) is 25.3. The van der Waals surface area contributed by atoms with Crippen LogP contribution in [0.3, 0.4) is 0 Å². The summed E-state index contributed by atoms with van der Waals surface area (Å²) in [5.41, 5.74) is 2.42. The molecule has 1 aliphatic rings. The summed E-state index contributed by atoms with van der Waals surface area (Å²) in [6.45, 7) is 2.45. The molecule has 4 rings (SSSR count). The second-order valence-electron chi connectivity index (χ2n) is 8.71. The first kappa shape index (κ1) is 25.3. The Hall–Kier alpha value is -3.76. The fraction of sp³-hybridized carbons (Fsp3) is 0.320. The van der Waals surface area contributed by atoms with Crippen LogP contribution in [-0.2, 0) is 4.79 Å². The van der Waals surface area contributed by atoms with Crippen molar-refractivity contribution in [2.24, 2.45) is 5.92 Å². The summed E-state index contributed by atoms with van der Waals surface area (Å²) >= 11 is 6.17. The van der Waals surface area contributed by atoms with Gasteiger partial charge in [0, 0.05) is 34.9 Å². The van der Waals surface area contributed by atoms with E-state index in [-0.39, 0.29) is 17.5 Å². The highest BCUT2D eigenvalue weighted by Gasteiger charge is 2.20. The average molecular weight is 510 g/mol. The molecule has 1 aromatic heterocycles. The minimum atomic E-state index is -0.966. The van der Waals surface area contributed by atoms with Gasteiger partial charge in [-0.05, 0) is 97.2 Å². The number of benzene rings is 2. The quantitative estimate of drug-likeness (QED) is 0.306. The van der Waals surface area contributed by atoms with Gasteiger partial charge in [-0.2, -0.15) is 4.68 Å². The maximum absolute atomic E-state index is 12.9. The molecule has 3 aromatic rings. The number of halogens is 1. The summed E-state index contributed by atoms with van der Waals surface area (Å²) in [5, 5.41) is 30.7. The third-order valence-electron chi connectivity index (χ3n) is 6.05. The van der Waals surface area contributed by atoms with Crippen molar-refractivity contribution < 1.29 is 14.7 Å². The van der Waals surface area contributed by atoms with Crippen LogP contribution in [0.4, 0.5) is 5.69 Å². The number of rotatable bonds is 10. The lowest BCUT2D eigenvalue weighted by Gasteiger charge is -2.28. The smallest absolute Gasteiger partial charge is 0.335 e. The minimum Gasteiger partial charge on any atom is -0.478 e. The van der Waals surface area contributed by atoms with Gasteiger partial charge in [-0.3, -0.25) is 4.79 Å². The minimum absolute atomic E-state index is 0.121. The second-order valence-corrected chi connectivity index (χ2v) is 9.14. The highest BCUT2D eigenvalue weighted by molar-refractivity contribution is 6.30. The maximum atomic E-state index is 12.9. The number of carbonyl (C=O) groups excluding carboxylic acids is 1. The number of carboxylic acid groups (broad SMARTS) is 1. The zero-order valence-corrected chi connectivity index (χ0v) is 20.4. The molecule has 2 aromatic carbocycles. The van der Waals surface area contributed by atoms with E-state index < -0.39 is 5.97 Å². The van der Waals surface area contributed by atoms with Gasteiger partial charge in [-0.25, -0.2) is 4.79 Å². The normalized spacial score (nSPS) is 16.5. The van der Waals surface area contributed by atoms with Crippen molar-refractivity contribution in [1.82, 2.24) is 30.8 Å². The van der Waals surface area contributed by atoms with Crippen molar-refractivity contribution in [1.29, 1.82) is 0 Å². The van der Waals surface area contributed by atoms with Gasteiger partial charge in [0.25, 0.3) is 0 Å². The topological polar surface area (TPSA) is 134 Å². The largest absolute Gasteiger partial charge is 0.478 e. The molecular weight excluding hydrogens is 482 g/mol. The Kier molecular flexibility index (Phi) is 8.64. The molecule has 188 valence electrons. The molecule has 1 aliphatic heterocycles. The molecule has 1 saturated heterocycles. The van der Waals surface area contributed by atoms with Crippen LogP contribution >= 0.6 is 11.6 Å². The number of aromatic carboxylic acids is 1. The molecule has 2 heterocycles. The van der Waals surface area contributed by atoms with Crippen molar-refractivity contribution in [2.75, 3.05) is 25.0 Å². The monoisotopic (exact) mass is 509 g/mol. The van der Waals surface area contributed by atoms with Crippen molar-refractivity contribution in [3.05, 3.63) is 71.0 Å². The van der Waals surface area contributed by atoms with Gasteiger partial charge in [-0.15, -0.1) is 5.10 Å². The Balaban J connectivity index is 1.43. The Bertz CT molecular complexity index is 1190. The van der Waals surface area contributed by atoms with Gasteiger partial charge in [0.15, 0.2) is 0 Å². The van der Waals surface area contributed by atoms with Gasteiger partial charge in [0.1, 0.15) is 6.33 Å². The molecule has 10 nitrogen and oxygen atoms in total. The van der Waals surface area contributed by atoms with Gasteiger partial charge >= 0.3 is 5.97 Å². The lowest BCUT2D eigenvalue weighted by molar-refractivity contribution is -0.117. The molecule has 1 unspecified atom stereocenters. The van der Waals surface area contributed by atoms with E-state index in [0.29, 0.717) is 28.7 Å². The fourth-order valence-corrected chi connectivity index (χ4v) is 4.43. The summed E-state index contributed by atoms with van der Waals surface area (Å²) in [5.74, 6) is -0.732. The van der Waals surface area contributed by atoms with E-state index in [9.17, 15) is 9.59 Å². The molecule has 2 atom stereocenters. The zero-order valence-electron chi connectivity index (χ0n) is 19.6. The molecule has 11 heteroatoms. The number of tetrazole rings is 1. The highest BCUT2D eigenvalue weighted by atomic mass is 35.5. The third kappa shape index (κ3) is 7.12. The van der Waals surface area contributed by atoms with Crippen LogP contribution in [0.15, 0.2) is 54.9 Å². The first-order valence-electron chi connectivity index (χ1n) is 11.8. The van der Waals surface area contributed by atoms with Crippen molar-refractivity contribution in [2.45, 2.75) is 25.3 Å². The van der Waals surface area contributed by atoms with E-state index in [0.717, 1.165) is 38.0 Å². The molecule has 1 amide bonds. The number of nitrogens with zero attached hydrogens (tertiary/aromatic N) is 4. The van der Waals surface area contributed by atoms with E-state index in [1.165, 1.54) is 17.1 Å². The molecule has 0 saturated carbocycles. The predicted octanol–water partition coefficient (Wildman–Crippen LogP) is 3.01. The second kappa shape index (κ2) is 12.3. The summed E-state index contributed by atoms with van der Waals surface area (Å²) in [7, 11) is 0. The van der Waals surface area contributed by atoms with Crippen molar-refractivity contribution in [3.8, 4) is 5.69 Å². The average Bonchev–Trinajstić information content (AvgIpc) is 3.42. The predicted molar refractivity (Wildman–Crippen MR) is 137 cm³/mol. The van der Waals surface area contributed by atoms with E-state index in [1.807, 2.05) is 0 Å². The number of hydrogen-bond acceptors (Lipinski definition) is 7. The summed E-state index contributed by atoms with van der Waals surface area (Å²) in [6, 6.07) is 11.7. The lowest BCUT2D eigenvalue weighted by Crippen LogP contribution is -2.42. The van der Waals surface area contributed by atoms with Gasteiger partial charge < -0.3 is 21.1 Å². The Morgan fingerprint density at radius 1 is 1.25 bits per heavy atom. The van der Waals surface area contributed by atoms with Crippen LogP contribution in [0, 0.1) is 5.92 Å². The summed E-state index contributed by atoms with van der Waals surface area (Å²) in [4.78, 5) is 24.0. The van der Waals surface area contributed by atoms with Gasteiger partial charge in [0.05, 0.1) is 11.3 Å². The first-order valence-corrected chi connectivity index (χ1v) is 12.1. The fourth-order valence-electron chi connectivity index (χ4n) is 4.25. The molecule has 1 fully saturated rings. The molecule has 0 aliphatic carbocycles. The number of amides is 1. The van der Waals surface area contributed by atoms with Gasteiger partial charge in [-0.1, -0.05) is 11.6 Å². The van der Waals surface area contributed by atoms with E-state index >= 15 is 0 Å². The number of anilines is 1. The molecule has 4 N–H and O–H groups in total. The number of carboxylic acids is 1. The lowest BCUT2D eigenvalue weighted by atomic mass is 9.92. The molecule has 36 heavy (non-hydrogen) atoms. The van der Waals surface area contributed by atoms with Crippen LogP contribution in [0.2, 0.25) is 5.02 Å². The van der Waals surface area contributed by atoms with Crippen LogP contribution in [-0.4, -0.2) is 62.9 Å².